The molecule has 0 saturated heterocycles. The molecule has 1 heterocycles. The number of rotatable bonds is 9. The second-order valence-corrected chi connectivity index (χ2v) is 10.6. The lowest BCUT2D eigenvalue weighted by molar-refractivity contribution is -0.384. The molecule has 3 rings (SSSR count). The number of carbonyl (C=O) groups is 1. The van der Waals surface area contributed by atoms with Crippen LogP contribution < -0.4 is 9.54 Å². The van der Waals surface area contributed by atoms with Crippen LogP contribution in [0.5, 0.6) is 5.75 Å². The van der Waals surface area contributed by atoms with Crippen LogP contribution in [0.2, 0.25) is 0 Å². The third-order valence-electron chi connectivity index (χ3n) is 5.31. The van der Waals surface area contributed by atoms with E-state index in [1.807, 2.05) is 13.8 Å². The Bertz CT molecular complexity index is 1390. The molecule has 0 saturated carbocycles. The maximum absolute atomic E-state index is 12.9. The molecular weight excluding hydrogens is 480 g/mol. The molecule has 1 aromatic heterocycles. The van der Waals surface area contributed by atoms with E-state index in [1.54, 1.807) is 4.57 Å². The first-order valence-electron chi connectivity index (χ1n) is 10.6. The number of amides is 1. The SMILES string of the molecule is CCCCN(C)S(=O)(=O)c1ccc(C(=O)N=c2sc3cc([N+](=O)[O-])cc(OC)c3n2CC)cc1. The van der Waals surface area contributed by atoms with Crippen molar-refractivity contribution in [3.05, 3.63) is 56.9 Å². The monoisotopic (exact) mass is 506 g/mol. The van der Waals surface area contributed by atoms with E-state index in [1.165, 1.54) is 54.9 Å². The highest BCUT2D eigenvalue weighted by Crippen LogP contribution is 2.32. The second-order valence-electron chi connectivity index (χ2n) is 7.50. The molecule has 0 atom stereocenters. The Labute approximate surface area is 201 Å². The fraction of sp³-hybridized carbons (Fsp3) is 0.364. The van der Waals surface area contributed by atoms with Gasteiger partial charge in [0.2, 0.25) is 10.0 Å². The van der Waals surface area contributed by atoms with Crippen LogP contribution in [0.15, 0.2) is 46.3 Å². The zero-order chi connectivity index (χ0) is 25.0. The van der Waals surface area contributed by atoms with Crippen molar-refractivity contribution < 1.29 is 22.9 Å². The number of aryl methyl sites for hydroxylation is 1. The van der Waals surface area contributed by atoms with Gasteiger partial charge in [-0.15, -0.1) is 0 Å². The third-order valence-corrected chi connectivity index (χ3v) is 8.20. The molecule has 0 N–H and O–H groups in total. The molecule has 34 heavy (non-hydrogen) atoms. The number of nitro benzene ring substituents is 1. The topological polar surface area (TPSA) is 124 Å². The van der Waals surface area contributed by atoms with Gasteiger partial charge in [0, 0.05) is 31.8 Å². The van der Waals surface area contributed by atoms with Crippen molar-refractivity contribution in [2.75, 3.05) is 20.7 Å². The van der Waals surface area contributed by atoms with E-state index >= 15 is 0 Å². The highest BCUT2D eigenvalue weighted by Gasteiger charge is 2.21. The van der Waals surface area contributed by atoms with Gasteiger partial charge in [-0.05, 0) is 37.6 Å². The van der Waals surface area contributed by atoms with E-state index in [9.17, 15) is 23.3 Å². The largest absolute Gasteiger partial charge is 0.494 e. The Kier molecular flexibility index (Phi) is 7.85. The standard InChI is InChI=1S/C22H26N4O6S2/c1-5-7-12-24(3)34(30,31)17-10-8-15(9-11-17)21(27)23-22-25(6-2)20-18(32-4)13-16(26(28)29)14-19(20)33-22/h8-11,13-14H,5-7,12H2,1-4H3. The Morgan fingerprint density at radius 2 is 1.91 bits per heavy atom. The number of nitrogens with zero attached hydrogens (tertiary/aromatic N) is 4. The highest BCUT2D eigenvalue weighted by atomic mass is 32.2. The van der Waals surface area contributed by atoms with Crippen LogP contribution in [-0.2, 0) is 16.6 Å². The van der Waals surface area contributed by atoms with Gasteiger partial charge >= 0.3 is 0 Å². The van der Waals surface area contributed by atoms with E-state index in [0.29, 0.717) is 33.9 Å². The summed E-state index contributed by atoms with van der Waals surface area (Å²) >= 11 is 1.14. The van der Waals surface area contributed by atoms with E-state index in [0.717, 1.165) is 24.2 Å². The predicted molar refractivity (Wildman–Crippen MR) is 130 cm³/mol. The number of thiazole rings is 1. The average molecular weight is 507 g/mol. The van der Waals surface area contributed by atoms with Crippen LogP contribution >= 0.6 is 11.3 Å². The van der Waals surface area contributed by atoms with Crippen molar-refractivity contribution in [3.8, 4) is 5.75 Å². The number of fused-ring (bicyclic) bond motifs is 1. The van der Waals surface area contributed by atoms with Crippen LogP contribution in [0.1, 0.15) is 37.0 Å². The van der Waals surface area contributed by atoms with Gasteiger partial charge in [-0.2, -0.15) is 4.99 Å². The highest BCUT2D eigenvalue weighted by molar-refractivity contribution is 7.89. The lowest BCUT2D eigenvalue weighted by Gasteiger charge is -2.16. The van der Waals surface area contributed by atoms with E-state index in [2.05, 4.69) is 4.99 Å². The maximum Gasteiger partial charge on any atom is 0.279 e. The molecule has 0 unspecified atom stereocenters. The Morgan fingerprint density at radius 1 is 1.24 bits per heavy atom. The number of carbonyl (C=O) groups excluding carboxylic acids is 1. The number of unbranched alkanes of at least 4 members (excludes halogenated alkanes) is 1. The van der Waals surface area contributed by atoms with Crippen molar-refractivity contribution in [1.82, 2.24) is 8.87 Å². The van der Waals surface area contributed by atoms with Crippen molar-refractivity contribution in [1.29, 1.82) is 0 Å². The summed E-state index contributed by atoms with van der Waals surface area (Å²) in [6.07, 6.45) is 1.63. The van der Waals surface area contributed by atoms with E-state index in [-0.39, 0.29) is 16.1 Å². The summed E-state index contributed by atoms with van der Waals surface area (Å²) in [4.78, 5) is 28.3. The molecule has 0 fully saturated rings. The number of ether oxygens (including phenoxy) is 1. The summed E-state index contributed by atoms with van der Waals surface area (Å²) in [5.41, 5.74) is 0.726. The van der Waals surface area contributed by atoms with Crippen LogP contribution in [0.3, 0.4) is 0 Å². The molecule has 0 aliphatic rings. The van der Waals surface area contributed by atoms with Gasteiger partial charge in [0.15, 0.2) is 10.6 Å². The molecule has 1 amide bonds. The minimum Gasteiger partial charge on any atom is -0.494 e. The smallest absolute Gasteiger partial charge is 0.279 e. The van der Waals surface area contributed by atoms with Crippen molar-refractivity contribution in [3.63, 3.8) is 0 Å². The Balaban J connectivity index is 2.00. The average Bonchev–Trinajstić information content (AvgIpc) is 3.18. The zero-order valence-corrected chi connectivity index (χ0v) is 21.0. The van der Waals surface area contributed by atoms with Crippen LogP contribution in [0.4, 0.5) is 5.69 Å². The molecule has 182 valence electrons. The van der Waals surface area contributed by atoms with Gasteiger partial charge in [-0.25, -0.2) is 12.7 Å². The zero-order valence-electron chi connectivity index (χ0n) is 19.3. The molecular formula is C22H26N4O6S2. The van der Waals surface area contributed by atoms with Gasteiger partial charge in [0.05, 0.1) is 27.7 Å². The minimum atomic E-state index is -3.64. The van der Waals surface area contributed by atoms with Gasteiger partial charge in [-0.1, -0.05) is 24.7 Å². The first kappa shape index (κ1) is 25.5. The summed E-state index contributed by atoms with van der Waals surface area (Å²) in [7, 11) is -0.684. The normalized spacial score (nSPS) is 12.4. The Morgan fingerprint density at radius 3 is 2.47 bits per heavy atom. The first-order valence-corrected chi connectivity index (χ1v) is 12.9. The fourth-order valence-electron chi connectivity index (χ4n) is 3.40. The molecule has 0 spiro atoms. The van der Waals surface area contributed by atoms with E-state index < -0.39 is 20.9 Å². The maximum atomic E-state index is 12.9. The van der Waals surface area contributed by atoms with Gasteiger partial charge < -0.3 is 9.30 Å². The van der Waals surface area contributed by atoms with Crippen molar-refractivity contribution >= 4 is 43.2 Å². The number of aromatic nitrogens is 1. The first-order chi connectivity index (χ1) is 16.1. The number of nitro groups is 1. The summed E-state index contributed by atoms with van der Waals surface area (Å²) in [5.74, 6) is -0.233. The summed E-state index contributed by atoms with van der Waals surface area (Å²) in [6, 6.07) is 8.41. The predicted octanol–water partition coefficient (Wildman–Crippen LogP) is 3.80. The molecule has 0 aliphatic heterocycles. The number of benzene rings is 2. The molecule has 2 aromatic carbocycles. The molecule has 10 nitrogen and oxygen atoms in total. The van der Waals surface area contributed by atoms with E-state index in [4.69, 9.17) is 4.74 Å². The number of methoxy groups -OCH3 is 1. The number of sulfonamides is 1. The lowest BCUT2D eigenvalue weighted by Crippen LogP contribution is -2.27. The summed E-state index contributed by atoms with van der Waals surface area (Å²) in [5, 5.41) is 11.3. The summed E-state index contributed by atoms with van der Waals surface area (Å²) in [6.45, 7) is 4.73. The number of non-ortho nitro benzene ring substituents is 1. The minimum absolute atomic E-state index is 0.102. The number of hydrogen-bond acceptors (Lipinski definition) is 7. The van der Waals surface area contributed by atoms with Crippen molar-refractivity contribution in [2.24, 2.45) is 4.99 Å². The molecule has 0 bridgehead atoms. The second kappa shape index (κ2) is 10.5. The molecule has 0 radical (unpaired) electrons. The van der Waals surface area contributed by atoms with Gasteiger partial charge in [0.1, 0.15) is 5.52 Å². The van der Waals surface area contributed by atoms with Crippen molar-refractivity contribution in [2.45, 2.75) is 38.1 Å². The fourth-order valence-corrected chi connectivity index (χ4v) is 5.75. The van der Waals surface area contributed by atoms with Gasteiger partial charge in [-0.3, -0.25) is 14.9 Å². The number of hydrogen-bond donors (Lipinski definition) is 0. The summed E-state index contributed by atoms with van der Waals surface area (Å²) < 4.78 is 34.3. The third kappa shape index (κ3) is 5.03. The van der Waals surface area contributed by atoms with Crippen LogP contribution in [0.25, 0.3) is 10.2 Å². The lowest BCUT2D eigenvalue weighted by atomic mass is 10.2. The Hall–Kier alpha value is -3.09. The van der Waals surface area contributed by atoms with Gasteiger partial charge in [0.25, 0.3) is 11.6 Å². The molecule has 12 heteroatoms. The van der Waals surface area contributed by atoms with Crippen LogP contribution in [0, 0.1) is 10.1 Å². The van der Waals surface area contributed by atoms with Crippen LogP contribution in [-0.4, -0.2) is 48.8 Å². The quantitative estimate of drug-likeness (QED) is 0.321. The molecule has 0 aliphatic carbocycles. The molecule has 3 aromatic rings.